The Morgan fingerprint density at radius 2 is 1.96 bits per heavy atom. The molecule has 1 aromatic carbocycles. The number of likely N-dealkylation sites (N-methyl/N-ethyl adjacent to an activating group) is 1. The molecular formula is C20H24N6O2. The van der Waals surface area contributed by atoms with Crippen molar-refractivity contribution in [2.24, 2.45) is 0 Å². The number of fused-ring (bicyclic) bond motifs is 2. The van der Waals surface area contributed by atoms with Crippen molar-refractivity contribution in [2.75, 3.05) is 27.2 Å². The third-order valence-corrected chi connectivity index (χ3v) is 4.92. The maximum atomic E-state index is 13.1. The van der Waals surface area contributed by atoms with Gasteiger partial charge in [-0.15, -0.1) is 0 Å². The molecule has 0 saturated carbocycles. The Kier molecular flexibility index (Phi) is 5.06. The molecule has 8 heteroatoms. The Bertz CT molecular complexity index is 999. The van der Waals surface area contributed by atoms with Crippen molar-refractivity contribution >= 4 is 16.9 Å². The Balaban J connectivity index is 1.56. The molecule has 0 aliphatic carbocycles. The summed E-state index contributed by atoms with van der Waals surface area (Å²) >= 11 is 0. The van der Waals surface area contributed by atoms with Crippen LogP contribution in [-0.4, -0.2) is 67.7 Å². The van der Waals surface area contributed by atoms with E-state index in [0.29, 0.717) is 36.4 Å². The van der Waals surface area contributed by atoms with Gasteiger partial charge < -0.3 is 14.9 Å². The number of hydrogen-bond acceptors (Lipinski definition) is 6. The lowest BCUT2D eigenvalue weighted by Crippen LogP contribution is -2.30. The van der Waals surface area contributed by atoms with Crippen molar-refractivity contribution in [3.63, 3.8) is 0 Å². The molecule has 146 valence electrons. The Hall–Kier alpha value is -2.84. The van der Waals surface area contributed by atoms with Crippen LogP contribution in [0, 0.1) is 0 Å². The van der Waals surface area contributed by atoms with Crippen molar-refractivity contribution in [1.82, 2.24) is 29.5 Å². The first-order chi connectivity index (χ1) is 13.5. The molecule has 1 amide bonds. The molecule has 3 heterocycles. The summed E-state index contributed by atoms with van der Waals surface area (Å²) in [6.45, 7) is 2.38. The van der Waals surface area contributed by atoms with Gasteiger partial charge in [-0.2, -0.15) is 5.10 Å². The van der Waals surface area contributed by atoms with Gasteiger partial charge in [-0.1, -0.05) is 0 Å². The first-order valence-corrected chi connectivity index (χ1v) is 9.41. The third kappa shape index (κ3) is 3.74. The molecule has 28 heavy (non-hydrogen) atoms. The molecule has 0 radical (unpaired) electrons. The number of carbonyl (C=O) groups is 1. The zero-order chi connectivity index (χ0) is 19.7. The van der Waals surface area contributed by atoms with E-state index in [1.54, 1.807) is 24.5 Å². The maximum absolute atomic E-state index is 13.1. The van der Waals surface area contributed by atoms with E-state index in [-0.39, 0.29) is 5.91 Å². The SMILES string of the molecule is CN(C)C[C@@H](O)c1cc2n(n1)CCCN(C(=O)c1ccc3nccnc3c1)C2. The summed E-state index contributed by atoms with van der Waals surface area (Å²) in [6, 6.07) is 7.33. The summed E-state index contributed by atoms with van der Waals surface area (Å²) in [5.74, 6) is -0.0300. The molecule has 1 atom stereocenters. The average Bonchev–Trinajstić information content (AvgIpc) is 2.98. The van der Waals surface area contributed by atoms with Gasteiger partial charge in [0.1, 0.15) is 6.10 Å². The molecule has 2 aromatic heterocycles. The van der Waals surface area contributed by atoms with Crippen LogP contribution < -0.4 is 0 Å². The van der Waals surface area contributed by atoms with Gasteiger partial charge in [-0.25, -0.2) is 0 Å². The number of hydrogen-bond donors (Lipinski definition) is 1. The fourth-order valence-electron chi connectivity index (χ4n) is 3.54. The molecule has 1 aliphatic heterocycles. The van der Waals surface area contributed by atoms with Crippen molar-refractivity contribution in [3.05, 3.63) is 53.6 Å². The van der Waals surface area contributed by atoms with Crippen LogP contribution in [0.3, 0.4) is 0 Å². The lowest BCUT2D eigenvalue weighted by molar-refractivity contribution is 0.0746. The highest BCUT2D eigenvalue weighted by Crippen LogP contribution is 2.21. The van der Waals surface area contributed by atoms with E-state index in [1.807, 2.05) is 40.7 Å². The molecule has 4 rings (SSSR count). The number of benzene rings is 1. The van der Waals surface area contributed by atoms with Gasteiger partial charge in [0, 0.05) is 37.6 Å². The van der Waals surface area contributed by atoms with Crippen molar-refractivity contribution < 1.29 is 9.90 Å². The Morgan fingerprint density at radius 1 is 1.18 bits per heavy atom. The number of rotatable bonds is 4. The summed E-state index contributed by atoms with van der Waals surface area (Å²) < 4.78 is 1.91. The van der Waals surface area contributed by atoms with Crippen LogP contribution in [0.4, 0.5) is 0 Å². The molecule has 0 fully saturated rings. The summed E-state index contributed by atoms with van der Waals surface area (Å²) in [5.41, 5.74) is 3.68. The predicted octanol–water partition coefficient (Wildman–Crippen LogP) is 1.47. The number of nitrogens with zero attached hydrogens (tertiary/aromatic N) is 6. The lowest BCUT2D eigenvalue weighted by Gasteiger charge is -2.20. The minimum atomic E-state index is -0.641. The summed E-state index contributed by atoms with van der Waals surface area (Å²) in [6.07, 6.45) is 3.44. The van der Waals surface area contributed by atoms with Gasteiger partial charge >= 0.3 is 0 Å². The standard InChI is InChI=1S/C20H24N6O2/c1-24(2)13-19(27)18-11-15-12-25(8-3-9-26(15)23-18)20(28)14-4-5-16-17(10-14)22-7-6-21-16/h4-7,10-11,19,27H,3,8-9,12-13H2,1-2H3/t19-/m1/s1. The normalized spacial score (nSPS) is 15.5. The first kappa shape index (κ1) is 18.5. The van der Waals surface area contributed by atoms with Gasteiger partial charge in [0.05, 0.1) is 29.0 Å². The van der Waals surface area contributed by atoms with Gasteiger partial charge in [0.2, 0.25) is 0 Å². The van der Waals surface area contributed by atoms with Gasteiger partial charge in [-0.3, -0.25) is 19.4 Å². The van der Waals surface area contributed by atoms with Crippen molar-refractivity contribution in [3.8, 4) is 0 Å². The largest absolute Gasteiger partial charge is 0.385 e. The lowest BCUT2D eigenvalue weighted by atomic mass is 10.1. The predicted molar refractivity (Wildman–Crippen MR) is 105 cm³/mol. The highest BCUT2D eigenvalue weighted by Gasteiger charge is 2.23. The van der Waals surface area contributed by atoms with Crippen molar-refractivity contribution in [1.29, 1.82) is 0 Å². The second kappa shape index (κ2) is 7.65. The molecule has 0 bridgehead atoms. The molecule has 3 aromatic rings. The second-order valence-electron chi connectivity index (χ2n) is 7.40. The second-order valence-corrected chi connectivity index (χ2v) is 7.40. The van der Waals surface area contributed by atoms with Crippen molar-refractivity contribution in [2.45, 2.75) is 25.6 Å². The van der Waals surface area contributed by atoms with E-state index in [2.05, 4.69) is 15.1 Å². The fraction of sp³-hybridized carbons (Fsp3) is 0.400. The molecule has 8 nitrogen and oxygen atoms in total. The number of aryl methyl sites for hydroxylation is 1. The van der Waals surface area contributed by atoms with Crippen LogP contribution in [-0.2, 0) is 13.1 Å². The van der Waals surface area contributed by atoms with E-state index in [9.17, 15) is 9.90 Å². The first-order valence-electron chi connectivity index (χ1n) is 9.41. The van der Waals surface area contributed by atoms with Crippen LogP contribution in [0.2, 0.25) is 0 Å². The molecular weight excluding hydrogens is 356 g/mol. The quantitative estimate of drug-likeness (QED) is 0.738. The summed E-state index contributed by atoms with van der Waals surface area (Å²) in [7, 11) is 3.83. The maximum Gasteiger partial charge on any atom is 0.254 e. The topological polar surface area (TPSA) is 87.4 Å². The number of amides is 1. The van der Waals surface area contributed by atoms with Gasteiger partial charge in [0.15, 0.2) is 0 Å². The van der Waals surface area contributed by atoms with Crippen LogP contribution in [0.15, 0.2) is 36.7 Å². The number of aliphatic hydroxyl groups is 1. The van der Waals surface area contributed by atoms with E-state index in [1.165, 1.54) is 0 Å². The minimum Gasteiger partial charge on any atom is -0.385 e. The number of aromatic nitrogens is 4. The van der Waals surface area contributed by atoms with E-state index < -0.39 is 6.10 Å². The zero-order valence-corrected chi connectivity index (χ0v) is 16.1. The summed E-state index contributed by atoms with van der Waals surface area (Å²) in [4.78, 5) is 25.4. The molecule has 0 spiro atoms. The Labute approximate surface area is 163 Å². The molecule has 1 N–H and O–H groups in total. The highest BCUT2D eigenvalue weighted by atomic mass is 16.3. The van der Waals surface area contributed by atoms with Crippen LogP contribution in [0.5, 0.6) is 0 Å². The van der Waals surface area contributed by atoms with Crippen LogP contribution in [0.1, 0.15) is 34.3 Å². The van der Waals surface area contributed by atoms with E-state index >= 15 is 0 Å². The zero-order valence-electron chi connectivity index (χ0n) is 16.1. The molecule has 0 saturated heterocycles. The van der Waals surface area contributed by atoms with Gasteiger partial charge in [0.25, 0.3) is 5.91 Å². The average molecular weight is 380 g/mol. The third-order valence-electron chi connectivity index (χ3n) is 4.92. The number of aliphatic hydroxyl groups excluding tert-OH is 1. The van der Waals surface area contributed by atoms with E-state index in [0.717, 1.165) is 24.2 Å². The van der Waals surface area contributed by atoms with Crippen LogP contribution in [0.25, 0.3) is 11.0 Å². The molecule has 1 aliphatic rings. The fourth-order valence-corrected chi connectivity index (χ4v) is 3.54. The monoisotopic (exact) mass is 380 g/mol. The Morgan fingerprint density at radius 3 is 2.75 bits per heavy atom. The minimum absolute atomic E-state index is 0.0300. The van der Waals surface area contributed by atoms with Crippen LogP contribution >= 0.6 is 0 Å². The summed E-state index contributed by atoms with van der Waals surface area (Å²) in [5, 5.41) is 14.9. The smallest absolute Gasteiger partial charge is 0.254 e. The molecule has 0 unspecified atom stereocenters. The highest BCUT2D eigenvalue weighted by molar-refractivity contribution is 5.97. The van der Waals surface area contributed by atoms with Gasteiger partial charge in [-0.05, 0) is 44.8 Å². The number of carbonyl (C=O) groups excluding carboxylic acids is 1. The van der Waals surface area contributed by atoms with E-state index in [4.69, 9.17) is 0 Å².